The Kier molecular flexibility index (Phi) is 7.48. The molecule has 0 saturated heterocycles. The highest BCUT2D eigenvalue weighted by atomic mass is 79.9. The Labute approximate surface area is 197 Å². The first-order valence-corrected chi connectivity index (χ1v) is 12.2. The van der Waals surface area contributed by atoms with Gasteiger partial charge in [-0.2, -0.15) is 5.10 Å². The van der Waals surface area contributed by atoms with E-state index in [1.807, 2.05) is 44.2 Å². The van der Waals surface area contributed by atoms with Gasteiger partial charge in [-0.3, -0.25) is 9.10 Å². The van der Waals surface area contributed by atoms with Crippen molar-refractivity contribution in [2.24, 2.45) is 5.10 Å². The van der Waals surface area contributed by atoms with Crippen molar-refractivity contribution in [3.05, 3.63) is 94.0 Å². The van der Waals surface area contributed by atoms with E-state index in [1.54, 1.807) is 37.3 Å². The van der Waals surface area contributed by atoms with Gasteiger partial charge in [0, 0.05) is 4.47 Å². The van der Waals surface area contributed by atoms with Gasteiger partial charge in [0.1, 0.15) is 6.54 Å². The lowest BCUT2D eigenvalue weighted by molar-refractivity contribution is -0.119. The average Bonchev–Trinajstić information content (AvgIpc) is 2.79. The minimum atomic E-state index is -3.97. The van der Waals surface area contributed by atoms with Gasteiger partial charge in [-0.15, -0.1) is 0 Å². The molecule has 3 aromatic rings. The van der Waals surface area contributed by atoms with Crippen molar-refractivity contribution in [1.29, 1.82) is 0 Å². The fourth-order valence-electron chi connectivity index (χ4n) is 3.09. The van der Waals surface area contributed by atoms with E-state index in [-0.39, 0.29) is 4.90 Å². The number of nitrogens with one attached hydrogen (secondary N) is 1. The minimum Gasteiger partial charge on any atom is -0.271 e. The van der Waals surface area contributed by atoms with Crippen LogP contribution in [0.4, 0.5) is 5.69 Å². The maximum atomic E-state index is 13.4. The molecular weight excluding hydrogens is 490 g/mol. The molecule has 1 N–H and O–H groups in total. The molecule has 6 nitrogen and oxygen atoms in total. The third-order valence-electron chi connectivity index (χ3n) is 5.07. The number of carbonyl (C=O) groups is 1. The number of rotatable bonds is 7. The van der Waals surface area contributed by atoms with Gasteiger partial charge < -0.3 is 0 Å². The highest BCUT2D eigenvalue weighted by Crippen LogP contribution is 2.28. The molecule has 0 aromatic heterocycles. The number of hydrogen-bond donors (Lipinski definition) is 1. The van der Waals surface area contributed by atoms with Crippen molar-refractivity contribution in [2.45, 2.75) is 25.7 Å². The topological polar surface area (TPSA) is 78.8 Å². The van der Waals surface area contributed by atoms with Crippen LogP contribution in [0.15, 0.2) is 87.3 Å². The van der Waals surface area contributed by atoms with E-state index < -0.39 is 22.5 Å². The van der Waals surface area contributed by atoms with Gasteiger partial charge in [0.05, 0.1) is 16.3 Å². The third kappa shape index (κ3) is 5.44. The number of hydrogen-bond acceptors (Lipinski definition) is 4. The molecule has 3 aromatic carbocycles. The molecule has 0 saturated carbocycles. The smallest absolute Gasteiger partial charge is 0.264 e. The predicted molar refractivity (Wildman–Crippen MR) is 131 cm³/mol. The van der Waals surface area contributed by atoms with Gasteiger partial charge in [0.2, 0.25) is 0 Å². The number of hydrazone groups is 1. The Morgan fingerprint density at radius 3 is 2.28 bits per heavy atom. The van der Waals surface area contributed by atoms with Crippen molar-refractivity contribution in [3.8, 4) is 0 Å². The van der Waals surface area contributed by atoms with Crippen LogP contribution >= 0.6 is 15.9 Å². The summed E-state index contributed by atoms with van der Waals surface area (Å²) in [5, 5.41) is 4.15. The normalized spacial score (nSPS) is 11.8. The molecule has 0 unspecified atom stereocenters. The first-order valence-electron chi connectivity index (χ1n) is 9.93. The molecule has 1 amide bonds. The Bertz CT molecular complexity index is 1240. The maximum absolute atomic E-state index is 13.4. The molecule has 8 heteroatoms. The van der Waals surface area contributed by atoms with Crippen LogP contribution in [0.1, 0.15) is 23.6 Å². The van der Waals surface area contributed by atoms with Crippen LogP contribution in [0, 0.1) is 13.8 Å². The summed E-state index contributed by atoms with van der Waals surface area (Å²) < 4.78 is 28.9. The summed E-state index contributed by atoms with van der Waals surface area (Å²) in [6.07, 6.45) is 0. The second-order valence-corrected chi connectivity index (χ2v) is 10.1. The molecule has 32 heavy (non-hydrogen) atoms. The summed E-state index contributed by atoms with van der Waals surface area (Å²) in [4.78, 5) is 12.9. The van der Waals surface area contributed by atoms with Crippen LogP contribution in [0.5, 0.6) is 0 Å². The molecule has 0 atom stereocenters. The van der Waals surface area contributed by atoms with Gasteiger partial charge >= 0.3 is 0 Å². The number of carbonyl (C=O) groups excluding carboxylic acids is 1. The average molecular weight is 514 g/mol. The Morgan fingerprint density at radius 1 is 0.969 bits per heavy atom. The van der Waals surface area contributed by atoms with Crippen LogP contribution < -0.4 is 9.73 Å². The van der Waals surface area contributed by atoms with Crippen molar-refractivity contribution >= 4 is 43.3 Å². The van der Waals surface area contributed by atoms with Gasteiger partial charge in [-0.05, 0) is 67.8 Å². The first-order chi connectivity index (χ1) is 15.2. The number of anilines is 1. The fraction of sp³-hybridized carbons (Fsp3) is 0.167. The van der Waals surface area contributed by atoms with E-state index >= 15 is 0 Å². The number of benzene rings is 3. The van der Waals surface area contributed by atoms with E-state index in [2.05, 4.69) is 26.5 Å². The molecule has 3 rings (SSSR count). The molecule has 166 valence electrons. The van der Waals surface area contributed by atoms with Crippen molar-refractivity contribution in [3.63, 3.8) is 0 Å². The lowest BCUT2D eigenvalue weighted by Gasteiger charge is -2.26. The highest BCUT2D eigenvalue weighted by molar-refractivity contribution is 9.10. The standard InChI is InChI=1S/C24H24BrN3O3S/c1-17-8-7-11-23(18(17)2)28(32(30,31)22-9-5-4-6-10-22)16-24(29)27-26-19(3)20-12-14-21(25)15-13-20/h4-15H,16H2,1-3H3,(H,27,29)/b26-19+. The summed E-state index contributed by atoms with van der Waals surface area (Å²) in [7, 11) is -3.97. The highest BCUT2D eigenvalue weighted by Gasteiger charge is 2.28. The van der Waals surface area contributed by atoms with Gasteiger partial charge in [-0.1, -0.05) is 58.4 Å². The van der Waals surface area contributed by atoms with Gasteiger partial charge in [0.15, 0.2) is 0 Å². The van der Waals surface area contributed by atoms with Crippen LogP contribution in [0.3, 0.4) is 0 Å². The number of sulfonamides is 1. The largest absolute Gasteiger partial charge is 0.271 e. The maximum Gasteiger partial charge on any atom is 0.264 e. The molecule has 0 aliphatic heterocycles. The van der Waals surface area contributed by atoms with Crippen LogP contribution in [-0.4, -0.2) is 26.6 Å². The van der Waals surface area contributed by atoms with E-state index in [9.17, 15) is 13.2 Å². The Morgan fingerprint density at radius 2 is 1.62 bits per heavy atom. The second-order valence-electron chi connectivity index (χ2n) is 7.28. The summed E-state index contributed by atoms with van der Waals surface area (Å²) in [6.45, 7) is 5.11. The summed E-state index contributed by atoms with van der Waals surface area (Å²) >= 11 is 3.38. The predicted octanol–water partition coefficient (Wildman–Crippen LogP) is 4.80. The van der Waals surface area contributed by atoms with Crippen molar-refractivity contribution < 1.29 is 13.2 Å². The zero-order valence-corrected chi connectivity index (χ0v) is 20.4. The zero-order chi connectivity index (χ0) is 23.3. The minimum absolute atomic E-state index is 0.114. The third-order valence-corrected chi connectivity index (χ3v) is 7.38. The Balaban J connectivity index is 1.90. The first kappa shape index (κ1) is 23.7. The lowest BCUT2D eigenvalue weighted by Crippen LogP contribution is -2.40. The number of nitrogens with zero attached hydrogens (tertiary/aromatic N) is 2. The van der Waals surface area contributed by atoms with Crippen molar-refractivity contribution in [2.75, 3.05) is 10.8 Å². The quantitative estimate of drug-likeness (QED) is 0.364. The van der Waals surface area contributed by atoms with Crippen LogP contribution in [0.25, 0.3) is 0 Å². The number of halogens is 1. The van der Waals surface area contributed by atoms with Crippen molar-refractivity contribution in [1.82, 2.24) is 5.43 Å². The van der Waals surface area contributed by atoms with Gasteiger partial charge in [-0.25, -0.2) is 13.8 Å². The zero-order valence-electron chi connectivity index (χ0n) is 18.0. The molecule has 0 fully saturated rings. The molecule has 0 heterocycles. The Hall–Kier alpha value is -2.97. The molecular formula is C24H24BrN3O3S. The molecule has 0 bridgehead atoms. The second kappa shape index (κ2) is 10.1. The molecule has 0 aliphatic carbocycles. The van der Waals surface area contributed by atoms with Gasteiger partial charge in [0.25, 0.3) is 15.9 Å². The lowest BCUT2D eigenvalue weighted by atomic mass is 10.1. The van der Waals surface area contributed by atoms with Crippen LogP contribution in [0.2, 0.25) is 0 Å². The summed E-state index contributed by atoms with van der Waals surface area (Å²) in [6, 6.07) is 21.0. The fourth-order valence-corrected chi connectivity index (χ4v) is 4.86. The summed E-state index contributed by atoms with van der Waals surface area (Å²) in [5.41, 5.74) is 6.11. The van der Waals surface area contributed by atoms with E-state index in [4.69, 9.17) is 0 Å². The SMILES string of the molecule is C/C(=N\NC(=O)CN(c1cccc(C)c1C)S(=O)(=O)c1ccccc1)c1ccc(Br)cc1. The summed E-state index contributed by atoms with van der Waals surface area (Å²) in [5.74, 6) is -0.540. The van der Waals surface area contributed by atoms with E-state index in [1.165, 1.54) is 12.1 Å². The molecule has 0 aliphatic rings. The van der Waals surface area contributed by atoms with E-state index in [0.29, 0.717) is 11.4 Å². The molecule has 0 radical (unpaired) electrons. The molecule has 0 spiro atoms. The van der Waals surface area contributed by atoms with Crippen LogP contribution in [-0.2, 0) is 14.8 Å². The number of aryl methyl sites for hydroxylation is 1. The number of amides is 1. The van der Waals surface area contributed by atoms with E-state index in [0.717, 1.165) is 25.5 Å². The monoisotopic (exact) mass is 513 g/mol.